The van der Waals surface area contributed by atoms with Crippen molar-refractivity contribution in [2.24, 2.45) is 4.99 Å². The number of hydrogen-bond acceptors (Lipinski definition) is 5. The molecule has 0 fully saturated rings. The highest BCUT2D eigenvalue weighted by atomic mass is 35.5. The Morgan fingerprint density at radius 3 is 2.54 bits per heavy atom. The molecule has 4 rings (SSSR count). The molecule has 2 aromatic heterocycles. The van der Waals surface area contributed by atoms with E-state index in [1.807, 2.05) is 54.6 Å². The summed E-state index contributed by atoms with van der Waals surface area (Å²) in [5.41, 5.74) is 1.51. The van der Waals surface area contributed by atoms with E-state index >= 15 is 0 Å². The summed E-state index contributed by atoms with van der Waals surface area (Å²) < 4.78 is 16.8. The van der Waals surface area contributed by atoms with E-state index in [1.165, 1.54) is 0 Å². The Morgan fingerprint density at radius 2 is 1.79 bits per heavy atom. The lowest BCUT2D eigenvalue weighted by atomic mass is 10.1. The molecule has 2 aromatic carbocycles. The van der Waals surface area contributed by atoms with E-state index in [-0.39, 0.29) is 0 Å². The Kier molecular flexibility index (Phi) is 5.00. The average molecular weight is 393 g/mol. The van der Waals surface area contributed by atoms with Crippen LogP contribution in [0.4, 0.5) is 5.82 Å². The van der Waals surface area contributed by atoms with Crippen LogP contribution in [-0.4, -0.2) is 19.2 Å². The highest BCUT2D eigenvalue weighted by molar-refractivity contribution is 6.31. The number of pyridine rings is 1. The van der Waals surface area contributed by atoms with Gasteiger partial charge in [0.15, 0.2) is 17.3 Å². The fourth-order valence-corrected chi connectivity index (χ4v) is 3.08. The Labute approximate surface area is 166 Å². The summed E-state index contributed by atoms with van der Waals surface area (Å²) in [6.07, 6.45) is 1.70. The van der Waals surface area contributed by atoms with Crippen LogP contribution in [0, 0.1) is 0 Å². The van der Waals surface area contributed by atoms with Gasteiger partial charge in [0.05, 0.1) is 19.6 Å². The van der Waals surface area contributed by atoms with Crippen LogP contribution < -0.4 is 14.8 Å². The van der Waals surface area contributed by atoms with Gasteiger partial charge in [-0.1, -0.05) is 17.7 Å². The van der Waals surface area contributed by atoms with Crippen LogP contribution in [0.2, 0.25) is 5.02 Å². The summed E-state index contributed by atoms with van der Waals surface area (Å²) in [5.74, 6) is 2.52. The first-order chi connectivity index (χ1) is 13.7. The van der Waals surface area contributed by atoms with Crippen molar-refractivity contribution in [2.45, 2.75) is 0 Å². The fourth-order valence-electron chi connectivity index (χ4n) is 2.91. The molecule has 0 radical (unpaired) electrons. The van der Waals surface area contributed by atoms with Crippen molar-refractivity contribution in [2.75, 3.05) is 14.2 Å². The van der Waals surface area contributed by atoms with Gasteiger partial charge in [-0.2, -0.15) is 0 Å². The molecule has 0 N–H and O–H groups in total. The minimum atomic E-state index is 0.605. The van der Waals surface area contributed by atoms with Crippen LogP contribution in [0.5, 0.6) is 11.5 Å². The normalized spacial score (nSPS) is 11.6. The molecule has 0 saturated heterocycles. The van der Waals surface area contributed by atoms with Gasteiger partial charge in [-0.15, -0.1) is 0 Å². The van der Waals surface area contributed by atoms with E-state index in [1.54, 1.807) is 26.5 Å². The molecule has 0 saturated carbocycles. The highest BCUT2D eigenvalue weighted by Gasteiger charge is 2.11. The molecule has 0 bridgehead atoms. The molecule has 4 aromatic rings. The van der Waals surface area contributed by atoms with Crippen LogP contribution in [0.1, 0.15) is 0 Å². The molecular formula is C22H17ClN2O3. The van der Waals surface area contributed by atoms with E-state index in [0.29, 0.717) is 39.0 Å². The van der Waals surface area contributed by atoms with Gasteiger partial charge in [0.1, 0.15) is 11.3 Å². The second-order valence-corrected chi connectivity index (χ2v) is 6.44. The van der Waals surface area contributed by atoms with E-state index in [9.17, 15) is 0 Å². The first kappa shape index (κ1) is 18.1. The van der Waals surface area contributed by atoms with Gasteiger partial charge < -0.3 is 13.9 Å². The van der Waals surface area contributed by atoms with Gasteiger partial charge in [0.25, 0.3) is 0 Å². The summed E-state index contributed by atoms with van der Waals surface area (Å²) in [4.78, 5) is 8.98. The van der Waals surface area contributed by atoms with Gasteiger partial charge in [-0.3, -0.25) is 0 Å². The van der Waals surface area contributed by atoms with Crippen LogP contribution in [0.25, 0.3) is 22.3 Å². The molecule has 0 spiro atoms. The Bertz CT molecular complexity index is 1200. The van der Waals surface area contributed by atoms with E-state index < -0.39 is 0 Å². The summed E-state index contributed by atoms with van der Waals surface area (Å²) in [5, 5.41) is 2.13. The maximum Gasteiger partial charge on any atom is 0.161 e. The Hall–Kier alpha value is -3.31. The van der Waals surface area contributed by atoms with Crippen LogP contribution in [0.3, 0.4) is 0 Å². The number of aromatic nitrogens is 1. The first-order valence-electron chi connectivity index (χ1n) is 8.59. The molecule has 140 valence electrons. The number of benzene rings is 2. The van der Waals surface area contributed by atoms with Crippen LogP contribution in [-0.2, 0) is 0 Å². The third kappa shape index (κ3) is 3.57. The highest BCUT2D eigenvalue weighted by Crippen LogP contribution is 2.33. The van der Waals surface area contributed by atoms with Crippen molar-refractivity contribution in [3.8, 4) is 22.8 Å². The number of methoxy groups -OCH3 is 2. The van der Waals surface area contributed by atoms with Gasteiger partial charge in [0, 0.05) is 28.2 Å². The molecule has 0 aliphatic rings. The number of nitrogens with zero attached hydrogens (tertiary/aromatic N) is 2. The third-order valence-corrected chi connectivity index (χ3v) is 4.49. The molecule has 0 unspecified atom stereocenters. The van der Waals surface area contributed by atoms with Gasteiger partial charge >= 0.3 is 0 Å². The maximum atomic E-state index is 6.19. The second-order valence-electron chi connectivity index (χ2n) is 6.01. The first-order valence-corrected chi connectivity index (χ1v) is 8.97. The number of halogens is 1. The lowest BCUT2D eigenvalue weighted by Crippen LogP contribution is -2.03. The lowest BCUT2D eigenvalue weighted by Gasteiger charge is -2.10. The minimum absolute atomic E-state index is 0.605. The van der Waals surface area contributed by atoms with Gasteiger partial charge in [-0.05, 0) is 48.5 Å². The third-order valence-electron chi connectivity index (χ3n) is 4.26. The zero-order valence-corrected chi connectivity index (χ0v) is 16.1. The van der Waals surface area contributed by atoms with Crippen molar-refractivity contribution < 1.29 is 13.9 Å². The summed E-state index contributed by atoms with van der Waals surface area (Å²) >= 11 is 6.19. The summed E-state index contributed by atoms with van der Waals surface area (Å²) in [6.45, 7) is 0. The van der Waals surface area contributed by atoms with Crippen molar-refractivity contribution in [1.29, 1.82) is 0 Å². The molecule has 2 heterocycles. The maximum absolute atomic E-state index is 6.19. The van der Waals surface area contributed by atoms with Gasteiger partial charge in [0.2, 0.25) is 0 Å². The number of ether oxygens (including phenoxy) is 2. The number of rotatable bonds is 4. The van der Waals surface area contributed by atoms with E-state index in [2.05, 4.69) is 9.98 Å². The number of fused-ring (bicyclic) bond motifs is 1. The van der Waals surface area contributed by atoms with Crippen LogP contribution >= 0.6 is 11.6 Å². The molecule has 0 atom stereocenters. The Balaban J connectivity index is 1.96. The largest absolute Gasteiger partial charge is 0.493 e. The molecular weight excluding hydrogens is 376 g/mol. The lowest BCUT2D eigenvalue weighted by molar-refractivity contribution is 0.355. The molecule has 5 nitrogen and oxygen atoms in total. The fraction of sp³-hybridized carbons (Fsp3) is 0.0909. The SMILES string of the molecule is COc1ccc(-c2c/c(=N\c3ccccn3)c3cc(Cl)ccc3o2)cc1OC. The van der Waals surface area contributed by atoms with Crippen molar-refractivity contribution in [3.63, 3.8) is 0 Å². The molecule has 0 aliphatic carbocycles. The monoisotopic (exact) mass is 392 g/mol. The minimum Gasteiger partial charge on any atom is -0.493 e. The standard InChI is InChI=1S/C22H17ClN2O3/c1-26-19-8-6-14(11-21(19)27-2)20-13-17(25-22-5-3-4-10-24-22)16-12-15(23)7-9-18(16)28-20/h3-13H,1-2H3/b25-17+. The Morgan fingerprint density at radius 1 is 0.929 bits per heavy atom. The quantitative estimate of drug-likeness (QED) is 0.466. The van der Waals surface area contributed by atoms with E-state index in [4.69, 9.17) is 25.5 Å². The van der Waals surface area contributed by atoms with Gasteiger partial charge in [-0.25, -0.2) is 9.98 Å². The second kappa shape index (κ2) is 7.74. The van der Waals surface area contributed by atoms with Crippen molar-refractivity contribution >= 4 is 28.4 Å². The topological polar surface area (TPSA) is 56.9 Å². The predicted molar refractivity (Wildman–Crippen MR) is 109 cm³/mol. The molecule has 0 aliphatic heterocycles. The molecule has 6 heteroatoms. The zero-order chi connectivity index (χ0) is 19.5. The predicted octanol–water partition coefficient (Wildman–Crippen LogP) is 5.40. The zero-order valence-electron chi connectivity index (χ0n) is 15.3. The van der Waals surface area contributed by atoms with Crippen LogP contribution in [0.15, 0.2) is 76.3 Å². The number of hydrogen-bond donors (Lipinski definition) is 0. The smallest absolute Gasteiger partial charge is 0.161 e. The van der Waals surface area contributed by atoms with E-state index in [0.717, 1.165) is 10.9 Å². The average Bonchev–Trinajstić information content (AvgIpc) is 2.74. The molecule has 0 amide bonds. The summed E-state index contributed by atoms with van der Waals surface area (Å²) in [6, 6.07) is 18.5. The van der Waals surface area contributed by atoms with Crippen molar-refractivity contribution in [1.82, 2.24) is 4.98 Å². The molecule has 28 heavy (non-hydrogen) atoms. The summed E-state index contributed by atoms with van der Waals surface area (Å²) in [7, 11) is 3.20. The van der Waals surface area contributed by atoms with Crippen molar-refractivity contribution in [3.05, 3.63) is 77.2 Å².